The van der Waals surface area contributed by atoms with Gasteiger partial charge in [0.2, 0.25) is 0 Å². The van der Waals surface area contributed by atoms with Crippen molar-refractivity contribution >= 4 is 0 Å². The molecule has 0 aliphatic carbocycles. The fourth-order valence-electron chi connectivity index (χ4n) is 3.28. The topological polar surface area (TPSA) is 28.2 Å². The van der Waals surface area contributed by atoms with Crippen molar-refractivity contribution in [3.05, 3.63) is 29.6 Å². The highest BCUT2D eigenvalue weighted by atomic mass is 15.1. The summed E-state index contributed by atoms with van der Waals surface area (Å²) in [5.74, 6) is 0.778. The normalized spacial score (nSPS) is 19.1. The Balaban J connectivity index is 1.74. The second kappa shape index (κ2) is 7.90. The van der Waals surface area contributed by atoms with Crippen LogP contribution >= 0.6 is 0 Å². The number of hydrogen-bond donors (Lipinski definition) is 1. The summed E-state index contributed by atoms with van der Waals surface area (Å²) in [5.41, 5.74) is 2.53. The number of aryl methyl sites for hydroxylation is 1. The molecule has 1 saturated heterocycles. The lowest BCUT2D eigenvalue weighted by molar-refractivity contribution is 0.175. The predicted molar refractivity (Wildman–Crippen MR) is 89.6 cm³/mol. The van der Waals surface area contributed by atoms with Crippen LogP contribution in [0.15, 0.2) is 18.3 Å². The molecular weight excluding hydrogens is 258 g/mol. The van der Waals surface area contributed by atoms with E-state index in [2.05, 4.69) is 49.0 Å². The Morgan fingerprint density at radius 1 is 1.29 bits per heavy atom. The summed E-state index contributed by atoms with van der Waals surface area (Å²) in [6.45, 7) is 12.8. The van der Waals surface area contributed by atoms with Crippen LogP contribution in [0.25, 0.3) is 0 Å². The van der Waals surface area contributed by atoms with Gasteiger partial charge in [-0.3, -0.25) is 4.98 Å². The molecule has 1 aliphatic heterocycles. The third-order valence-electron chi connectivity index (χ3n) is 4.35. The number of aromatic nitrogens is 1. The summed E-state index contributed by atoms with van der Waals surface area (Å²) in [5, 5.41) is 3.80. The Hall–Kier alpha value is -0.930. The SMILES string of the molecule is Cc1cccnc1CC(C)NC1CCN(CC(C)C)CC1. The van der Waals surface area contributed by atoms with Gasteiger partial charge in [0.05, 0.1) is 0 Å². The van der Waals surface area contributed by atoms with E-state index in [9.17, 15) is 0 Å². The van der Waals surface area contributed by atoms with Gasteiger partial charge in [-0.15, -0.1) is 0 Å². The maximum Gasteiger partial charge on any atom is 0.0448 e. The third kappa shape index (κ3) is 5.40. The van der Waals surface area contributed by atoms with Gasteiger partial charge >= 0.3 is 0 Å². The van der Waals surface area contributed by atoms with Crippen molar-refractivity contribution in [2.24, 2.45) is 5.92 Å². The molecule has 2 heterocycles. The molecule has 0 amide bonds. The lowest BCUT2D eigenvalue weighted by Gasteiger charge is -2.34. The minimum Gasteiger partial charge on any atom is -0.311 e. The Labute approximate surface area is 130 Å². The van der Waals surface area contributed by atoms with Gasteiger partial charge in [-0.2, -0.15) is 0 Å². The van der Waals surface area contributed by atoms with E-state index >= 15 is 0 Å². The van der Waals surface area contributed by atoms with Crippen LogP contribution in [0.1, 0.15) is 44.9 Å². The van der Waals surface area contributed by atoms with E-state index in [1.54, 1.807) is 0 Å². The van der Waals surface area contributed by atoms with E-state index in [1.807, 2.05) is 12.3 Å². The largest absolute Gasteiger partial charge is 0.311 e. The number of pyridine rings is 1. The maximum atomic E-state index is 4.51. The van der Waals surface area contributed by atoms with E-state index < -0.39 is 0 Å². The second-order valence-electron chi connectivity index (χ2n) is 7.01. The van der Waals surface area contributed by atoms with Gasteiger partial charge in [0.1, 0.15) is 0 Å². The maximum absolute atomic E-state index is 4.51. The Kier molecular flexibility index (Phi) is 6.19. The summed E-state index contributed by atoms with van der Waals surface area (Å²) in [4.78, 5) is 7.12. The molecule has 118 valence electrons. The van der Waals surface area contributed by atoms with Gasteiger partial charge < -0.3 is 10.2 Å². The van der Waals surface area contributed by atoms with Crippen molar-refractivity contribution in [3.63, 3.8) is 0 Å². The van der Waals surface area contributed by atoms with Gasteiger partial charge in [0, 0.05) is 36.9 Å². The van der Waals surface area contributed by atoms with Crippen LogP contribution in [-0.4, -0.2) is 41.6 Å². The first kappa shape index (κ1) is 16.4. The van der Waals surface area contributed by atoms with Crippen LogP contribution in [0.3, 0.4) is 0 Å². The molecular formula is C18H31N3. The van der Waals surface area contributed by atoms with Crippen molar-refractivity contribution in [3.8, 4) is 0 Å². The molecule has 0 radical (unpaired) electrons. The third-order valence-corrected chi connectivity index (χ3v) is 4.35. The molecule has 0 spiro atoms. The lowest BCUT2D eigenvalue weighted by Crippen LogP contribution is -2.46. The van der Waals surface area contributed by atoms with Crippen LogP contribution in [0.5, 0.6) is 0 Å². The fourth-order valence-corrected chi connectivity index (χ4v) is 3.28. The average Bonchev–Trinajstić information content (AvgIpc) is 2.43. The summed E-state index contributed by atoms with van der Waals surface area (Å²) < 4.78 is 0. The minimum absolute atomic E-state index is 0.500. The molecule has 1 aromatic rings. The highest BCUT2D eigenvalue weighted by molar-refractivity contribution is 5.18. The number of piperidine rings is 1. The smallest absolute Gasteiger partial charge is 0.0448 e. The Morgan fingerprint density at radius 3 is 2.62 bits per heavy atom. The predicted octanol–water partition coefficient (Wildman–Crippen LogP) is 3.03. The van der Waals surface area contributed by atoms with Crippen molar-refractivity contribution in [2.45, 2.75) is 59.0 Å². The van der Waals surface area contributed by atoms with E-state index in [1.165, 1.54) is 43.7 Å². The van der Waals surface area contributed by atoms with Gasteiger partial charge in [-0.1, -0.05) is 19.9 Å². The Bertz CT molecular complexity index is 422. The first-order chi connectivity index (χ1) is 10.0. The summed E-state index contributed by atoms with van der Waals surface area (Å²) >= 11 is 0. The number of hydrogen-bond acceptors (Lipinski definition) is 3. The zero-order valence-electron chi connectivity index (χ0n) is 14.1. The summed E-state index contributed by atoms with van der Waals surface area (Å²) in [6, 6.07) is 5.34. The molecule has 1 unspecified atom stereocenters. The fraction of sp³-hybridized carbons (Fsp3) is 0.722. The monoisotopic (exact) mass is 289 g/mol. The lowest BCUT2D eigenvalue weighted by atomic mass is 10.0. The average molecular weight is 289 g/mol. The quantitative estimate of drug-likeness (QED) is 0.872. The zero-order chi connectivity index (χ0) is 15.2. The molecule has 1 fully saturated rings. The zero-order valence-corrected chi connectivity index (χ0v) is 14.1. The van der Waals surface area contributed by atoms with Gasteiger partial charge in [-0.05, 0) is 57.3 Å². The molecule has 1 aromatic heterocycles. The molecule has 0 bridgehead atoms. The van der Waals surface area contributed by atoms with Crippen LogP contribution in [0, 0.1) is 12.8 Å². The molecule has 1 aliphatic rings. The standard InChI is InChI=1S/C18H31N3/c1-14(2)13-21-10-7-17(8-11-21)20-16(4)12-18-15(3)6-5-9-19-18/h5-6,9,14,16-17,20H,7-8,10-13H2,1-4H3. The number of nitrogens with zero attached hydrogens (tertiary/aromatic N) is 2. The summed E-state index contributed by atoms with van der Waals surface area (Å²) in [7, 11) is 0. The first-order valence-electron chi connectivity index (χ1n) is 8.43. The van der Waals surface area contributed by atoms with E-state index in [-0.39, 0.29) is 0 Å². The van der Waals surface area contributed by atoms with Gasteiger partial charge in [0.25, 0.3) is 0 Å². The van der Waals surface area contributed by atoms with Crippen LogP contribution in [-0.2, 0) is 6.42 Å². The first-order valence-corrected chi connectivity index (χ1v) is 8.43. The molecule has 0 saturated carbocycles. The molecule has 3 heteroatoms. The van der Waals surface area contributed by atoms with Crippen LogP contribution < -0.4 is 5.32 Å². The van der Waals surface area contributed by atoms with Gasteiger partial charge in [0.15, 0.2) is 0 Å². The summed E-state index contributed by atoms with van der Waals surface area (Å²) in [6.07, 6.45) is 5.48. The van der Waals surface area contributed by atoms with Crippen molar-refractivity contribution < 1.29 is 0 Å². The molecule has 1 N–H and O–H groups in total. The molecule has 3 nitrogen and oxygen atoms in total. The highest BCUT2D eigenvalue weighted by Crippen LogP contribution is 2.14. The van der Waals surface area contributed by atoms with E-state index in [0.29, 0.717) is 12.1 Å². The number of likely N-dealkylation sites (tertiary alicyclic amines) is 1. The van der Waals surface area contributed by atoms with Crippen molar-refractivity contribution in [1.82, 2.24) is 15.2 Å². The van der Waals surface area contributed by atoms with Crippen LogP contribution in [0.2, 0.25) is 0 Å². The second-order valence-corrected chi connectivity index (χ2v) is 7.01. The van der Waals surface area contributed by atoms with E-state index in [0.717, 1.165) is 12.3 Å². The van der Waals surface area contributed by atoms with Crippen molar-refractivity contribution in [1.29, 1.82) is 0 Å². The van der Waals surface area contributed by atoms with E-state index in [4.69, 9.17) is 0 Å². The number of rotatable bonds is 6. The highest BCUT2D eigenvalue weighted by Gasteiger charge is 2.21. The Morgan fingerprint density at radius 2 is 2.00 bits per heavy atom. The molecule has 21 heavy (non-hydrogen) atoms. The molecule has 1 atom stereocenters. The molecule has 2 rings (SSSR count). The van der Waals surface area contributed by atoms with Gasteiger partial charge in [-0.25, -0.2) is 0 Å². The minimum atomic E-state index is 0.500. The molecule has 0 aromatic carbocycles. The number of nitrogens with one attached hydrogen (secondary N) is 1. The van der Waals surface area contributed by atoms with Crippen molar-refractivity contribution in [2.75, 3.05) is 19.6 Å². The van der Waals surface area contributed by atoms with Crippen LogP contribution in [0.4, 0.5) is 0 Å².